The smallest absolute Gasteiger partial charge is 0.138 e. The van der Waals surface area contributed by atoms with Crippen molar-refractivity contribution in [1.29, 1.82) is 0 Å². The molecule has 4 N–H and O–H groups in total. The van der Waals surface area contributed by atoms with E-state index in [9.17, 15) is 5.11 Å². The van der Waals surface area contributed by atoms with Crippen molar-refractivity contribution >= 4 is 11.0 Å². The molecule has 2 heterocycles. The highest BCUT2D eigenvalue weighted by Crippen LogP contribution is 2.29. The Morgan fingerprint density at radius 2 is 1.94 bits per heavy atom. The van der Waals surface area contributed by atoms with Crippen LogP contribution in [0.2, 0.25) is 0 Å². The minimum atomic E-state index is 0.252. The first-order valence-electron chi connectivity index (χ1n) is 5.74. The molecule has 3 aromatic rings. The molecule has 0 radical (unpaired) electrons. The number of hydrogen-bond acceptors (Lipinski definition) is 3. The van der Waals surface area contributed by atoms with Crippen LogP contribution < -0.4 is 5.73 Å². The van der Waals surface area contributed by atoms with Crippen LogP contribution in [0, 0.1) is 0 Å². The number of aromatic hydroxyl groups is 1. The van der Waals surface area contributed by atoms with Gasteiger partial charge in [-0.1, -0.05) is 0 Å². The lowest BCUT2D eigenvalue weighted by molar-refractivity contribution is 0.475. The summed E-state index contributed by atoms with van der Waals surface area (Å²) in [6, 6.07) is 10.9. The fourth-order valence-electron chi connectivity index (χ4n) is 2.16. The number of H-pyrrole nitrogens is 1. The van der Waals surface area contributed by atoms with Crippen LogP contribution >= 0.6 is 0 Å². The van der Waals surface area contributed by atoms with Crippen molar-refractivity contribution in [2.75, 3.05) is 0 Å². The van der Waals surface area contributed by atoms with E-state index in [1.54, 1.807) is 18.3 Å². The zero-order valence-electron chi connectivity index (χ0n) is 9.72. The summed E-state index contributed by atoms with van der Waals surface area (Å²) in [5.41, 5.74) is 9.67. The van der Waals surface area contributed by atoms with Gasteiger partial charge in [0.15, 0.2) is 0 Å². The molecule has 0 fully saturated rings. The Kier molecular flexibility index (Phi) is 2.50. The number of pyridine rings is 1. The lowest BCUT2D eigenvalue weighted by atomic mass is 10.1. The first kappa shape index (κ1) is 10.8. The molecule has 1 aromatic carbocycles. The third-order valence-corrected chi connectivity index (χ3v) is 3.04. The van der Waals surface area contributed by atoms with E-state index in [4.69, 9.17) is 5.73 Å². The van der Waals surface area contributed by atoms with Gasteiger partial charge >= 0.3 is 0 Å². The first-order valence-corrected chi connectivity index (χ1v) is 5.74. The molecule has 0 spiro atoms. The number of nitrogens with zero attached hydrogens (tertiary/aromatic N) is 1. The number of benzene rings is 1. The van der Waals surface area contributed by atoms with Crippen molar-refractivity contribution in [3.8, 4) is 17.0 Å². The van der Waals surface area contributed by atoms with Crippen molar-refractivity contribution in [1.82, 2.24) is 9.97 Å². The standard InChI is InChI=1S/C14H13N3O/c15-8-12-11-2-1-7-16-14(11)17-13(12)9-3-5-10(18)6-4-9/h1-7,18H,8,15H2,(H,16,17). The van der Waals surface area contributed by atoms with Gasteiger partial charge in [0.2, 0.25) is 0 Å². The predicted octanol–water partition coefficient (Wildman–Crippen LogP) is 2.39. The molecule has 0 atom stereocenters. The number of aromatic nitrogens is 2. The third-order valence-electron chi connectivity index (χ3n) is 3.04. The van der Waals surface area contributed by atoms with Gasteiger partial charge in [0.25, 0.3) is 0 Å². The van der Waals surface area contributed by atoms with Gasteiger partial charge in [-0.25, -0.2) is 4.98 Å². The molecule has 4 nitrogen and oxygen atoms in total. The van der Waals surface area contributed by atoms with Crippen LogP contribution in [-0.2, 0) is 6.54 Å². The zero-order chi connectivity index (χ0) is 12.5. The van der Waals surface area contributed by atoms with E-state index < -0.39 is 0 Å². The van der Waals surface area contributed by atoms with E-state index in [0.29, 0.717) is 6.54 Å². The number of nitrogens with two attached hydrogens (primary N) is 1. The van der Waals surface area contributed by atoms with Gasteiger partial charge in [0.1, 0.15) is 11.4 Å². The average molecular weight is 239 g/mol. The van der Waals surface area contributed by atoms with Crippen molar-refractivity contribution in [2.24, 2.45) is 5.73 Å². The molecule has 4 heteroatoms. The van der Waals surface area contributed by atoms with Crippen molar-refractivity contribution in [3.63, 3.8) is 0 Å². The summed E-state index contributed by atoms with van der Waals surface area (Å²) in [6.45, 7) is 0.446. The Morgan fingerprint density at radius 1 is 1.17 bits per heavy atom. The van der Waals surface area contributed by atoms with Crippen molar-refractivity contribution in [3.05, 3.63) is 48.2 Å². The minimum absolute atomic E-state index is 0.252. The first-order chi connectivity index (χ1) is 8.79. The van der Waals surface area contributed by atoms with Gasteiger partial charge in [-0.05, 0) is 42.0 Å². The van der Waals surface area contributed by atoms with Crippen LogP contribution in [0.5, 0.6) is 5.75 Å². The molecule has 0 aliphatic carbocycles. The highest BCUT2D eigenvalue weighted by atomic mass is 16.3. The second kappa shape index (κ2) is 4.16. The Balaban J connectivity index is 2.25. The van der Waals surface area contributed by atoms with E-state index in [-0.39, 0.29) is 5.75 Å². The van der Waals surface area contributed by atoms with Crippen LogP contribution in [0.15, 0.2) is 42.6 Å². The zero-order valence-corrected chi connectivity index (χ0v) is 9.72. The number of hydrogen-bond donors (Lipinski definition) is 3. The Morgan fingerprint density at radius 3 is 2.67 bits per heavy atom. The third kappa shape index (κ3) is 1.63. The quantitative estimate of drug-likeness (QED) is 0.642. The van der Waals surface area contributed by atoms with Gasteiger partial charge in [0, 0.05) is 23.7 Å². The molecule has 3 rings (SSSR count). The molecule has 0 aliphatic heterocycles. The number of phenols is 1. The number of phenolic OH excluding ortho intramolecular Hbond substituents is 1. The molecule has 2 aromatic heterocycles. The van der Waals surface area contributed by atoms with Crippen molar-refractivity contribution in [2.45, 2.75) is 6.54 Å². The maximum absolute atomic E-state index is 9.32. The van der Waals surface area contributed by atoms with E-state index in [0.717, 1.165) is 27.9 Å². The van der Waals surface area contributed by atoms with Crippen LogP contribution in [0.1, 0.15) is 5.56 Å². The number of aromatic amines is 1. The Labute approximate surface area is 104 Å². The van der Waals surface area contributed by atoms with Crippen LogP contribution in [0.4, 0.5) is 0 Å². The van der Waals surface area contributed by atoms with Gasteiger partial charge in [-0.3, -0.25) is 0 Å². The Bertz CT molecular complexity index is 686. The summed E-state index contributed by atoms with van der Waals surface area (Å²) < 4.78 is 0. The largest absolute Gasteiger partial charge is 0.508 e. The maximum atomic E-state index is 9.32. The lowest BCUT2D eigenvalue weighted by Crippen LogP contribution is -1.97. The predicted molar refractivity (Wildman–Crippen MR) is 71.1 cm³/mol. The molecule has 0 saturated carbocycles. The summed E-state index contributed by atoms with van der Waals surface area (Å²) in [5, 5.41) is 10.4. The van der Waals surface area contributed by atoms with E-state index >= 15 is 0 Å². The molecule has 18 heavy (non-hydrogen) atoms. The van der Waals surface area contributed by atoms with Gasteiger partial charge in [-0.2, -0.15) is 0 Å². The Hall–Kier alpha value is -2.33. The van der Waals surface area contributed by atoms with E-state index in [1.165, 1.54) is 0 Å². The van der Waals surface area contributed by atoms with Crippen LogP contribution in [-0.4, -0.2) is 15.1 Å². The van der Waals surface area contributed by atoms with Crippen LogP contribution in [0.3, 0.4) is 0 Å². The molecule has 0 saturated heterocycles. The second-order valence-corrected chi connectivity index (χ2v) is 4.13. The molecule has 0 bridgehead atoms. The summed E-state index contributed by atoms with van der Waals surface area (Å²) in [6.07, 6.45) is 1.75. The average Bonchev–Trinajstić information content (AvgIpc) is 2.78. The van der Waals surface area contributed by atoms with Crippen LogP contribution in [0.25, 0.3) is 22.3 Å². The number of nitrogens with one attached hydrogen (secondary N) is 1. The monoisotopic (exact) mass is 239 g/mol. The summed E-state index contributed by atoms with van der Waals surface area (Å²) >= 11 is 0. The van der Waals surface area contributed by atoms with Crippen molar-refractivity contribution < 1.29 is 5.11 Å². The van der Waals surface area contributed by atoms with E-state index in [1.807, 2.05) is 24.3 Å². The lowest BCUT2D eigenvalue weighted by Gasteiger charge is -2.02. The SMILES string of the molecule is NCc1c(-c2ccc(O)cc2)[nH]c2ncccc12. The molecule has 0 unspecified atom stereocenters. The molecule has 0 aliphatic rings. The maximum Gasteiger partial charge on any atom is 0.138 e. The molecular weight excluding hydrogens is 226 g/mol. The molecular formula is C14H13N3O. The highest BCUT2D eigenvalue weighted by Gasteiger charge is 2.11. The van der Waals surface area contributed by atoms with Gasteiger partial charge < -0.3 is 15.8 Å². The van der Waals surface area contributed by atoms with E-state index in [2.05, 4.69) is 9.97 Å². The molecule has 90 valence electrons. The topological polar surface area (TPSA) is 74.9 Å². The fourth-order valence-corrected chi connectivity index (χ4v) is 2.16. The fraction of sp³-hybridized carbons (Fsp3) is 0.0714. The second-order valence-electron chi connectivity index (χ2n) is 4.13. The number of rotatable bonds is 2. The summed E-state index contributed by atoms with van der Waals surface area (Å²) in [5.74, 6) is 0.252. The van der Waals surface area contributed by atoms with Gasteiger partial charge in [-0.15, -0.1) is 0 Å². The van der Waals surface area contributed by atoms with Gasteiger partial charge in [0.05, 0.1) is 5.69 Å². The summed E-state index contributed by atoms with van der Waals surface area (Å²) in [7, 11) is 0. The molecule has 0 amide bonds. The summed E-state index contributed by atoms with van der Waals surface area (Å²) in [4.78, 5) is 7.57. The number of fused-ring (bicyclic) bond motifs is 1. The minimum Gasteiger partial charge on any atom is -0.508 e. The highest BCUT2D eigenvalue weighted by molar-refractivity contribution is 5.88. The normalized spacial score (nSPS) is 10.9.